The van der Waals surface area contributed by atoms with Gasteiger partial charge in [0.05, 0.1) is 23.3 Å². The van der Waals surface area contributed by atoms with Crippen LogP contribution < -0.4 is 14.8 Å². The van der Waals surface area contributed by atoms with Crippen LogP contribution in [0.5, 0.6) is 11.5 Å². The normalized spacial score (nSPS) is 11.4. The average molecular weight is 558 g/mol. The summed E-state index contributed by atoms with van der Waals surface area (Å²) in [4.78, 5) is 15.5. The maximum atomic E-state index is 11.4. The van der Waals surface area contributed by atoms with E-state index in [2.05, 4.69) is 16.4 Å². The molecule has 0 radical (unpaired) electrons. The number of carboxylic acid groups (broad SMARTS) is 1. The summed E-state index contributed by atoms with van der Waals surface area (Å²) in [6.07, 6.45) is 3.51. The number of aliphatic carboxylic acids is 1. The molecule has 3 aromatic carbocycles. The van der Waals surface area contributed by atoms with Crippen molar-refractivity contribution < 1.29 is 24.5 Å². The summed E-state index contributed by atoms with van der Waals surface area (Å²) < 4.78 is 12.2. The van der Waals surface area contributed by atoms with Gasteiger partial charge >= 0.3 is 5.97 Å². The fraction of sp³-hybridized carbons (Fsp3) is 0.194. The maximum Gasteiger partial charge on any atom is 0.323 e. The highest BCUT2D eigenvalue weighted by molar-refractivity contribution is 6.32. The van der Waals surface area contributed by atoms with Crippen LogP contribution in [0.1, 0.15) is 27.8 Å². The van der Waals surface area contributed by atoms with Gasteiger partial charge in [-0.15, -0.1) is 0 Å². The predicted octanol–water partition coefficient (Wildman–Crippen LogP) is 5.28. The van der Waals surface area contributed by atoms with Crippen molar-refractivity contribution in [3.05, 3.63) is 112 Å². The van der Waals surface area contributed by atoms with E-state index in [0.29, 0.717) is 27.6 Å². The molecule has 9 heteroatoms. The molecule has 0 aliphatic carbocycles. The van der Waals surface area contributed by atoms with Crippen molar-refractivity contribution in [3.8, 4) is 28.7 Å². The van der Waals surface area contributed by atoms with Crippen LogP contribution in [0.2, 0.25) is 5.02 Å². The van der Waals surface area contributed by atoms with Crippen LogP contribution in [0.25, 0.3) is 11.1 Å². The molecule has 4 aromatic rings. The minimum Gasteiger partial charge on any atom is -0.488 e. The molecule has 8 nitrogen and oxygen atoms in total. The third-order valence-corrected chi connectivity index (χ3v) is 6.70. The van der Waals surface area contributed by atoms with Crippen molar-refractivity contribution in [3.63, 3.8) is 0 Å². The second kappa shape index (κ2) is 13.6. The van der Waals surface area contributed by atoms with Gasteiger partial charge in [-0.1, -0.05) is 41.9 Å². The van der Waals surface area contributed by atoms with Crippen LogP contribution in [0.4, 0.5) is 0 Å². The Morgan fingerprint density at radius 1 is 1.02 bits per heavy atom. The Balaban J connectivity index is 1.58. The number of halogens is 1. The first-order valence-electron chi connectivity index (χ1n) is 12.5. The summed E-state index contributed by atoms with van der Waals surface area (Å²) in [5.41, 5.74) is 6.09. The second-order valence-electron chi connectivity index (χ2n) is 9.06. The van der Waals surface area contributed by atoms with Crippen LogP contribution in [0, 0.1) is 18.3 Å². The largest absolute Gasteiger partial charge is 0.488 e. The minimum atomic E-state index is -1.17. The van der Waals surface area contributed by atoms with Crippen molar-refractivity contribution >= 4 is 17.6 Å². The number of nitrogens with one attached hydrogen (secondary N) is 1. The number of aliphatic hydroxyl groups is 1. The molecule has 0 fully saturated rings. The molecule has 1 atom stereocenters. The molecule has 0 aliphatic heterocycles. The Bertz CT molecular complexity index is 1520. The molecule has 3 N–H and O–H groups in total. The smallest absolute Gasteiger partial charge is 0.323 e. The number of nitriles is 1. The number of aliphatic hydroxyl groups excluding tert-OH is 1. The molecule has 1 heterocycles. The van der Waals surface area contributed by atoms with Gasteiger partial charge in [0.1, 0.15) is 30.8 Å². The van der Waals surface area contributed by atoms with Crippen molar-refractivity contribution in [1.29, 1.82) is 5.26 Å². The molecular formula is C31H28ClN3O5. The first-order chi connectivity index (χ1) is 19.4. The number of aromatic nitrogens is 1. The van der Waals surface area contributed by atoms with Gasteiger partial charge in [0, 0.05) is 30.6 Å². The number of benzene rings is 3. The van der Waals surface area contributed by atoms with E-state index in [0.717, 1.165) is 27.8 Å². The summed E-state index contributed by atoms with van der Waals surface area (Å²) in [7, 11) is 0. The highest BCUT2D eigenvalue weighted by atomic mass is 35.5. The zero-order chi connectivity index (χ0) is 28.5. The van der Waals surface area contributed by atoms with E-state index in [9.17, 15) is 20.3 Å². The van der Waals surface area contributed by atoms with E-state index in [-0.39, 0.29) is 19.8 Å². The first kappa shape index (κ1) is 28.6. The van der Waals surface area contributed by atoms with Crippen molar-refractivity contribution in [1.82, 2.24) is 10.3 Å². The fourth-order valence-electron chi connectivity index (χ4n) is 4.15. The highest BCUT2D eigenvalue weighted by Crippen LogP contribution is 2.35. The lowest BCUT2D eigenvalue weighted by Crippen LogP contribution is -2.39. The Morgan fingerprint density at radius 2 is 1.77 bits per heavy atom. The number of carboxylic acids is 1. The molecule has 40 heavy (non-hydrogen) atoms. The topological polar surface area (TPSA) is 125 Å². The molecule has 0 aliphatic rings. The van der Waals surface area contributed by atoms with Crippen LogP contribution >= 0.6 is 11.6 Å². The number of hydrogen-bond donors (Lipinski definition) is 3. The van der Waals surface area contributed by atoms with Gasteiger partial charge in [0.15, 0.2) is 0 Å². The molecule has 1 aromatic heterocycles. The van der Waals surface area contributed by atoms with Gasteiger partial charge in [-0.3, -0.25) is 15.1 Å². The van der Waals surface area contributed by atoms with Gasteiger partial charge in [-0.2, -0.15) is 5.26 Å². The van der Waals surface area contributed by atoms with Crippen molar-refractivity contribution in [2.24, 2.45) is 0 Å². The standard InChI is InChI=1S/C31H28ClN3O5/c1-20-24(6-3-7-26(20)23-8-10-34-11-9-23)19-40-30-14-29(39-18-22-5-2-4-21(12-22)15-33)25(13-27(30)32)16-35-28(17-36)31(37)38/h2-14,28,35-36H,16-19H2,1H3,(H,37,38)/t28-/m0/s1. The predicted molar refractivity (Wildman–Crippen MR) is 151 cm³/mol. The van der Waals surface area contributed by atoms with Crippen molar-refractivity contribution in [2.45, 2.75) is 32.7 Å². The lowest BCUT2D eigenvalue weighted by Gasteiger charge is -2.18. The van der Waals surface area contributed by atoms with Gasteiger partial charge in [-0.05, 0) is 65.1 Å². The Morgan fingerprint density at radius 3 is 2.50 bits per heavy atom. The fourth-order valence-corrected chi connectivity index (χ4v) is 4.39. The van der Waals surface area contributed by atoms with E-state index >= 15 is 0 Å². The zero-order valence-corrected chi connectivity index (χ0v) is 22.6. The van der Waals surface area contributed by atoms with Crippen LogP contribution in [-0.2, 0) is 24.6 Å². The third-order valence-electron chi connectivity index (χ3n) is 6.41. The van der Waals surface area contributed by atoms with Gasteiger partial charge < -0.3 is 19.7 Å². The molecule has 0 unspecified atom stereocenters. The molecule has 4 rings (SSSR count). The zero-order valence-electron chi connectivity index (χ0n) is 21.8. The number of nitrogens with zero attached hydrogens (tertiary/aromatic N) is 2. The Kier molecular flexibility index (Phi) is 9.71. The van der Waals surface area contributed by atoms with E-state index < -0.39 is 18.6 Å². The van der Waals surface area contributed by atoms with E-state index in [1.165, 1.54) is 0 Å². The Labute approximate surface area is 237 Å². The number of rotatable bonds is 12. The molecule has 0 bridgehead atoms. The lowest BCUT2D eigenvalue weighted by atomic mass is 9.97. The molecule has 0 spiro atoms. The second-order valence-corrected chi connectivity index (χ2v) is 9.47. The van der Waals surface area contributed by atoms with Crippen molar-refractivity contribution in [2.75, 3.05) is 6.61 Å². The first-order valence-corrected chi connectivity index (χ1v) is 12.9. The summed E-state index contributed by atoms with van der Waals surface area (Å²) in [5, 5.41) is 31.0. The number of hydrogen-bond acceptors (Lipinski definition) is 7. The monoisotopic (exact) mass is 557 g/mol. The number of ether oxygens (including phenoxy) is 2. The lowest BCUT2D eigenvalue weighted by molar-refractivity contribution is -0.140. The number of carbonyl (C=O) groups is 1. The summed E-state index contributed by atoms with van der Waals surface area (Å²) in [6, 6.07) is 21.3. The number of pyridine rings is 1. The maximum absolute atomic E-state index is 11.4. The average Bonchev–Trinajstić information content (AvgIpc) is 2.97. The summed E-state index contributed by atoms with van der Waals surface area (Å²) >= 11 is 6.59. The van der Waals surface area contributed by atoms with Crippen LogP contribution in [-0.4, -0.2) is 33.8 Å². The van der Waals surface area contributed by atoms with Crippen LogP contribution in [0.3, 0.4) is 0 Å². The van der Waals surface area contributed by atoms with E-state index in [4.69, 9.17) is 21.1 Å². The highest BCUT2D eigenvalue weighted by Gasteiger charge is 2.18. The third kappa shape index (κ3) is 7.16. The molecular weight excluding hydrogens is 530 g/mol. The molecule has 0 saturated heterocycles. The quantitative estimate of drug-likeness (QED) is 0.215. The van der Waals surface area contributed by atoms with E-state index in [1.54, 1.807) is 42.7 Å². The molecule has 204 valence electrons. The summed E-state index contributed by atoms with van der Waals surface area (Å²) in [5.74, 6) is -0.343. The SMILES string of the molecule is Cc1c(COc2cc(OCc3cccc(C#N)c3)c(CN[C@@H](CO)C(=O)O)cc2Cl)cccc1-c1ccncc1. The van der Waals surface area contributed by atoms with Gasteiger partial charge in [0.25, 0.3) is 0 Å². The van der Waals surface area contributed by atoms with Gasteiger partial charge in [0.2, 0.25) is 0 Å². The summed E-state index contributed by atoms with van der Waals surface area (Å²) in [6.45, 7) is 1.97. The molecule has 0 saturated carbocycles. The van der Waals surface area contributed by atoms with Crippen LogP contribution in [0.15, 0.2) is 79.1 Å². The van der Waals surface area contributed by atoms with Gasteiger partial charge in [-0.25, -0.2) is 0 Å². The van der Waals surface area contributed by atoms with E-state index in [1.807, 2.05) is 43.3 Å². The minimum absolute atomic E-state index is 0.0815. The molecule has 0 amide bonds. The Hall–Kier alpha value is -4.42.